The number of aromatic hydroxyl groups is 1. The van der Waals surface area contributed by atoms with Crippen molar-refractivity contribution in [3.8, 4) is 11.8 Å². The third-order valence-electron chi connectivity index (χ3n) is 2.41. The van der Waals surface area contributed by atoms with Gasteiger partial charge in [-0.3, -0.25) is 9.59 Å². The molecule has 0 fully saturated rings. The molecule has 110 valence electrons. The molecule has 1 aromatic rings. The number of amides is 1. The number of nitriles is 1. The third kappa shape index (κ3) is 4.71. The van der Waals surface area contributed by atoms with E-state index in [9.17, 15) is 14.7 Å². The number of anilines is 1. The number of rotatable bonds is 5. The van der Waals surface area contributed by atoms with Crippen LogP contribution in [0.4, 0.5) is 5.69 Å². The Hall–Kier alpha value is -2.72. The molecule has 0 aromatic heterocycles. The molecule has 0 spiro atoms. The zero-order valence-corrected chi connectivity index (χ0v) is 11.7. The molecule has 1 unspecified atom stereocenters. The molecule has 0 bridgehead atoms. The van der Waals surface area contributed by atoms with E-state index in [0.29, 0.717) is 5.02 Å². The Labute approximate surface area is 125 Å². The lowest BCUT2D eigenvalue weighted by Crippen LogP contribution is -2.39. The fourth-order valence-electron chi connectivity index (χ4n) is 1.26. The Bertz CT molecular complexity index is 637. The van der Waals surface area contributed by atoms with E-state index < -0.39 is 17.9 Å². The SMILES string of the molecule is CC(NC(=O)/C(C#N)=C\Nc1cc(Cl)ccc1O)C(=O)O. The van der Waals surface area contributed by atoms with Gasteiger partial charge in [0, 0.05) is 11.2 Å². The zero-order valence-electron chi connectivity index (χ0n) is 10.9. The number of carboxylic acids is 1. The highest BCUT2D eigenvalue weighted by Crippen LogP contribution is 2.26. The van der Waals surface area contributed by atoms with Crippen LogP contribution in [-0.2, 0) is 9.59 Å². The van der Waals surface area contributed by atoms with Crippen molar-refractivity contribution < 1.29 is 19.8 Å². The second kappa shape index (κ2) is 7.17. The number of benzene rings is 1. The van der Waals surface area contributed by atoms with Crippen molar-refractivity contribution in [3.63, 3.8) is 0 Å². The number of phenols is 1. The van der Waals surface area contributed by atoms with E-state index in [1.807, 2.05) is 0 Å². The quantitative estimate of drug-likeness (QED) is 0.371. The second-order valence-corrected chi connectivity index (χ2v) is 4.45. The molecule has 0 saturated carbocycles. The number of carbonyl (C=O) groups is 2. The summed E-state index contributed by atoms with van der Waals surface area (Å²) in [5, 5.41) is 32.2. The van der Waals surface area contributed by atoms with E-state index in [2.05, 4.69) is 10.6 Å². The zero-order chi connectivity index (χ0) is 16.0. The van der Waals surface area contributed by atoms with E-state index in [1.54, 1.807) is 6.07 Å². The van der Waals surface area contributed by atoms with E-state index in [4.69, 9.17) is 22.0 Å². The van der Waals surface area contributed by atoms with Gasteiger partial charge in [0.1, 0.15) is 23.4 Å². The normalized spacial score (nSPS) is 12.1. The third-order valence-corrected chi connectivity index (χ3v) is 2.65. The monoisotopic (exact) mass is 309 g/mol. The fraction of sp³-hybridized carbons (Fsp3) is 0.154. The summed E-state index contributed by atoms with van der Waals surface area (Å²) >= 11 is 5.75. The molecule has 21 heavy (non-hydrogen) atoms. The summed E-state index contributed by atoms with van der Waals surface area (Å²) in [6.45, 7) is 1.27. The van der Waals surface area contributed by atoms with Crippen LogP contribution in [0, 0.1) is 11.3 Å². The Morgan fingerprint density at radius 3 is 2.71 bits per heavy atom. The number of nitrogens with one attached hydrogen (secondary N) is 2. The van der Waals surface area contributed by atoms with Gasteiger partial charge in [0.15, 0.2) is 0 Å². The van der Waals surface area contributed by atoms with E-state index in [0.717, 1.165) is 6.20 Å². The Morgan fingerprint density at radius 1 is 1.48 bits per heavy atom. The number of carbonyl (C=O) groups excluding carboxylic acids is 1. The molecule has 0 aliphatic rings. The minimum Gasteiger partial charge on any atom is -0.506 e. The molecule has 0 aliphatic heterocycles. The van der Waals surface area contributed by atoms with Crippen LogP contribution in [-0.4, -0.2) is 28.1 Å². The summed E-state index contributed by atoms with van der Waals surface area (Å²) in [7, 11) is 0. The van der Waals surface area contributed by atoms with Crippen LogP contribution in [0.15, 0.2) is 30.0 Å². The molecule has 1 rings (SSSR count). The summed E-state index contributed by atoms with van der Waals surface area (Å²) < 4.78 is 0. The number of nitrogens with zero attached hydrogens (tertiary/aromatic N) is 1. The average molecular weight is 310 g/mol. The van der Waals surface area contributed by atoms with Gasteiger partial charge < -0.3 is 20.8 Å². The number of carboxylic acid groups (broad SMARTS) is 1. The molecule has 0 aliphatic carbocycles. The highest BCUT2D eigenvalue weighted by Gasteiger charge is 2.17. The molecular formula is C13H12ClN3O4. The van der Waals surface area contributed by atoms with Gasteiger partial charge >= 0.3 is 5.97 Å². The van der Waals surface area contributed by atoms with Crippen LogP contribution < -0.4 is 10.6 Å². The molecule has 0 radical (unpaired) electrons. The number of hydrogen-bond donors (Lipinski definition) is 4. The first kappa shape index (κ1) is 16.3. The smallest absolute Gasteiger partial charge is 0.325 e. The Morgan fingerprint density at radius 2 is 2.14 bits per heavy atom. The standard InChI is InChI=1S/C13H12ClN3O4/c1-7(13(20)21)17-12(19)8(5-15)6-16-10-4-9(14)2-3-11(10)18/h2-4,6-7,16,18H,1H3,(H,17,19)(H,20,21)/b8-6-. The van der Waals surface area contributed by atoms with Crippen molar-refractivity contribution in [2.75, 3.05) is 5.32 Å². The maximum absolute atomic E-state index is 11.7. The van der Waals surface area contributed by atoms with Crippen LogP contribution in [0.5, 0.6) is 5.75 Å². The van der Waals surface area contributed by atoms with Crippen LogP contribution >= 0.6 is 11.6 Å². The molecular weight excluding hydrogens is 298 g/mol. The number of hydrogen-bond acceptors (Lipinski definition) is 5. The topological polar surface area (TPSA) is 122 Å². The average Bonchev–Trinajstić information content (AvgIpc) is 2.42. The first-order valence-corrected chi connectivity index (χ1v) is 6.12. The molecule has 1 aromatic carbocycles. The highest BCUT2D eigenvalue weighted by atomic mass is 35.5. The van der Waals surface area contributed by atoms with Gasteiger partial charge in [-0.25, -0.2) is 0 Å². The molecule has 0 saturated heterocycles. The summed E-state index contributed by atoms with van der Waals surface area (Å²) in [5.41, 5.74) is -0.142. The van der Waals surface area contributed by atoms with Crippen molar-refractivity contribution in [2.24, 2.45) is 0 Å². The number of aliphatic carboxylic acids is 1. The Balaban J connectivity index is 2.85. The summed E-state index contributed by atoms with van der Waals surface area (Å²) in [6.07, 6.45) is 1.05. The lowest BCUT2D eigenvalue weighted by atomic mass is 10.2. The molecule has 4 N–H and O–H groups in total. The summed E-state index contributed by atoms with van der Waals surface area (Å²) in [4.78, 5) is 22.3. The fourth-order valence-corrected chi connectivity index (χ4v) is 1.43. The Kier molecular flexibility index (Phi) is 5.57. The lowest BCUT2D eigenvalue weighted by molar-refractivity contribution is -0.140. The van der Waals surface area contributed by atoms with Gasteiger partial charge in [0.25, 0.3) is 5.91 Å². The van der Waals surface area contributed by atoms with Gasteiger partial charge in [-0.1, -0.05) is 11.6 Å². The van der Waals surface area contributed by atoms with E-state index in [-0.39, 0.29) is 17.0 Å². The van der Waals surface area contributed by atoms with Crippen molar-refractivity contribution in [1.82, 2.24) is 5.32 Å². The second-order valence-electron chi connectivity index (χ2n) is 4.01. The molecule has 0 heterocycles. The number of halogens is 1. The van der Waals surface area contributed by atoms with Crippen molar-refractivity contribution in [3.05, 3.63) is 35.0 Å². The maximum atomic E-state index is 11.7. The van der Waals surface area contributed by atoms with Crippen LogP contribution in [0.25, 0.3) is 0 Å². The minimum atomic E-state index is -1.22. The van der Waals surface area contributed by atoms with Crippen LogP contribution in [0.2, 0.25) is 5.02 Å². The van der Waals surface area contributed by atoms with Gasteiger partial charge in [0.05, 0.1) is 5.69 Å². The molecule has 1 amide bonds. The van der Waals surface area contributed by atoms with E-state index in [1.165, 1.54) is 25.1 Å². The minimum absolute atomic E-state index is 0.118. The predicted octanol–water partition coefficient (Wildman–Crippen LogP) is 1.45. The molecule has 1 atom stereocenters. The van der Waals surface area contributed by atoms with Gasteiger partial charge in [-0.15, -0.1) is 0 Å². The van der Waals surface area contributed by atoms with Gasteiger partial charge in [-0.2, -0.15) is 5.26 Å². The van der Waals surface area contributed by atoms with Crippen molar-refractivity contribution in [2.45, 2.75) is 13.0 Å². The highest BCUT2D eigenvalue weighted by molar-refractivity contribution is 6.30. The van der Waals surface area contributed by atoms with Crippen LogP contribution in [0.1, 0.15) is 6.92 Å². The number of phenolic OH excluding ortho intramolecular Hbond substituents is 1. The lowest BCUT2D eigenvalue weighted by Gasteiger charge is -2.09. The van der Waals surface area contributed by atoms with E-state index >= 15 is 0 Å². The van der Waals surface area contributed by atoms with Crippen molar-refractivity contribution in [1.29, 1.82) is 5.26 Å². The first-order chi connectivity index (χ1) is 9.85. The molecule has 8 heteroatoms. The maximum Gasteiger partial charge on any atom is 0.325 e. The first-order valence-electron chi connectivity index (χ1n) is 5.74. The summed E-state index contributed by atoms with van der Waals surface area (Å²) in [5.74, 6) is -2.19. The van der Waals surface area contributed by atoms with Crippen molar-refractivity contribution >= 4 is 29.2 Å². The molecule has 7 nitrogen and oxygen atoms in total. The summed E-state index contributed by atoms with van der Waals surface area (Å²) in [6, 6.07) is 4.72. The predicted molar refractivity (Wildman–Crippen MR) is 75.7 cm³/mol. The largest absolute Gasteiger partial charge is 0.506 e. The van der Waals surface area contributed by atoms with Gasteiger partial charge in [-0.05, 0) is 25.1 Å². The van der Waals surface area contributed by atoms with Gasteiger partial charge in [0.2, 0.25) is 0 Å². The van der Waals surface area contributed by atoms with Crippen LogP contribution in [0.3, 0.4) is 0 Å².